The summed E-state index contributed by atoms with van der Waals surface area (Å²) in [5, 5.41) is 16.5. The SMILES string of the molecule is N=C(c1cc(Nc2ccc(S(=O)(=O)N3CCCC3)cc2)n2ncc(Br)c2n1)C1CCC(N)CC1. The number of anilines is 2. The predicted octanol–water partition coefficient (Wildman–Crippen LogP) is 3.91. The number of nitrogens with zero attached hydrogens (tertiary/aromatic N) is 4. The van der Waals surface area contributed by atoms with Crippen molar-refractivity contribution in [1.82, 2.24) is 18.9 Å². The van der Waals surface area contributed by atoms with Gasteiger partial charge in [-0.3, -0.25) is 0 Å². The lowest BCUT2D eigenvalue weighted by atomic mass is 9.82. The molecule has 11 heteroatoms. The zero-order valence-electron chi connectivity index (χ0n) is 18.7. The quantitative estimate of drug-likeness (QED) is 0.402. The van der Waals surface area contributed by atoms with Gasteiger partial charge in [0.1, 0.15) is 5.82 Å². The van der Waals surface area contributed by atoms with Crippen LogP contribution in [0.5, 0.6) is 0 Å². The van der Waals surface area contributed by atoms with Crippen molar-refractivity contribution < 1.29 is 8.42 Å². The molecule has 180 valence electrons. The Morgan fingerprint density at radius 1 is 1.12 bits per heavy atom. The smallest absolute Gasteiger partial charge is 0.243 e. The van der Waals surface area contributed by atoms with Gasteiger partial charge in [-0.1, -0.05) is 0 Å². The fourth-order valence-electron chi connectivity index (χ4n) is 4.72. The van der Waals surface area contributed by atoms with Gasteiger partial charge in [-0.2, -0.15) is 13.9 Å². The summed E-state index contributed by atoms with van der Waals surface area (Å²) >= 11 is 3.51. The Morgan fingerprint density at radius 2 is 1.79 bits per heavy atom. The Kier molecular flexibility index (Phi) is 6.45. The van der Waals surface area contributed by atoms with Crippen LogP contribution in [-0.4, -0.2) is 52.2 Å². The summed E-state index contributed by atoms with van der Waals surface area (Å²) in [5.41, 5.74) is 8.50. The lowest BCUT2D eigenvalue weighted by Gasteiger charge is -2.26. The van der Waals surface area contributed by atoms with Gasteiger partial charge in [0, 0.05) is 36.8 Å². The van der Waals surface area contributed by atoms with Gasteiger partial charge in [-0.15, -0.1) is 0 Å². The number of aromatic nitrogens is 3. The summed E-state index contributed by atoms with van der Waals surface area (Å²) in [6, 6.07) is 8.81. The van der Waals surface area contributed by atoms with E-state index in [1.54, 1.807) is 39.3 Å². The molecule has 1 saturated carbocycles. The summed E-state index contributed by atoms with van der Waals surface area (Å²) in [6.07, 6.45) is 7.11. The highest BCUT2D eigenvalue weighted by atomic mass is 79.9. The van der Waals surface area contributed by atoms with Gasteiger partial charge in [0.05, 0.1) is 27.0 Å². The molecule has 4 N–H and O–H groups in total. The van der Waals surface area contributed by atoms with Crippen LogP contribution >= 0.6 is 15.9 Å². The van der Waals surface area contributed by atoms with E-state index in [0.29, 0.717) is 40.9 Å². The highest BCUT2D eigenvalue weighted by Crippen LogP contribution is 2.29. The molecule has 34 heavy (non-hydrogen) atoms. The van der Waals surface area contributed by atoms with E-state index in [2.05, 4.69) is 26.3 Å². The van der Waals surface area contributed by atoms with Crippen molar-refractivity contribution in [2.45, 2.75) is 49.5 Å². The van der Waals surface area contributed by atoms with E-state index in [1.165, 1.54) is 0 Å². The fraction of sp³-hybridized carbons (Fsp3) is 0.435. The highest BCUT2D eigenvalue weighted by Gasteiger charge is 2.27. The Labute approximate surface area is 207 Å². The lowest BCUT2D eigenvalue weighted by molar-refractivity contribution is 0.390. The van der Waals surface area contributed by atoms with Gasteiger partial charge >= 0.3 is 0 Å². The summed E-state index contributed by atoms with van der Waals surface area (Å²) in [6.45, 7) is 1.15. The molecule has 1 aromatic carbocycles. The van der Waals surface area contributed by atoms with E-state index in [-0.39, 0.29) is 12.0 Å². The van der Waals surface area contributed by atoms with E-state index >= 15 is 0 Å². The molecule has 0 unspecified atom stereocenters. The number of sulfonamides is 1. The maximum atomic E-state index is 12.8. The number of hydrogen-bond donors (Lipinski definition) is 3. The molecule has 9 nitrogen and oxygen atoms in total. The van der Waals surface area contributed by atoms with Crippen molar-refractivity contribution in [2.24, 2.45) is 11.7 Å². The van der Waals surface area contributed by atoms with Crippen molar-refractivity contribution in [1.29, 1.82) is 5.41 Å². The number of hydrogen-bond acceptors (Lipinski definition) is 7. The molecular weight excluding hydrogens is 518 g/mol. The molecule has 3 aromatic rings. The molecule has 2 aliphatic rings. The van der Waals surface area contributed by atoms with Crippen LogP contribution in [0.15, 0.2) is 45.9 Å². The van der Waals surface area contributed by atoms with Gasteiger partial charge in [0.25, 0.3) is 0 Å². The fourth-order valence-corrected chi connectivity index (χ4v) is 6.58. The van der Waals surface area contributed by atoms with Crippen molar-refractivity contribution in [3.8, 4) is 0 Å². The molecule has 1 saturated heterocycles. The summed E-state index contributed by atoms with van der Waals surface area (Å²) in [4.78, 5) is 4.99. The first-order chi connectivity index (χ1) is 16.3. The van der Waals surface area contributed by atoms with E-state index in [4.69, 9.17) is 16.1 Å². The number of rotatable bonds is 6. The van der Waals surface area contributed by atoms with Crippen LogP contribution in [-0.2, 0) is 10.0 Å². The second kappa shape index (κ2) is 9.37. The van der Waals surface area contributed by atoms with Crippen molar-refractivity contribution in [3.05, 3.63) is 46.7 Å². The van der Waals surface area contributed by atoms with Gasteiger partial charge in [0.15, 0.2) is 5.65 Å². The first kappa shape index (κ1) is 23.4. The maximum Gasteiger partial charge on any atom is 0.243 e. The minimum atomic E-state index is -3.46. The molecule has 1 aliphatic carbocycles. The molecule has 0 atom stereocenters. The molecule has 0 bridgehead atoms. The Balaban J connectivity index is 1.42. The Hall–Kier alpha value is -2.34. The van der Waals surface area contributed by atoms with Gasteiger partial charge in [-0.05, 0) is 78.7 Å². The normalized spacial score (nSPS) is 21.7. The molecule has 1 aliphatic heterocycles. The number of benzene rings is 1. The number of halogens is 1. The lowest BCUT2D eigenvalue weighted by Crippen LogP contribution is -2.30. The van der Waals surface area contributed by atoms with Crippen LogP contribution in [0.1, 0.15) is 44.2 Å². The minimum absolute atomic E-state index is 0.138. The van der Waals surface area contributed by atoms with Gasteiger partial charge in [0.2, 0.25) is 10.0 Å². The zero-order valence-corrected chi connectivity index (χ0v) is 21.1. The van der Waals surface area contributed by atoms with E-state index in [9.17, 15) is 8.42 Å². The van der Waals surface area contributed by atoms with Crippen molar-refractivity contribution >= 4 is 48.8 Å². The minimum Gasteiger partial charge on any atom is -0.340 e. The largest absolute Gasteiger partial charge is 0.340 e. The van der Waals surface area contributed by atoms with E-state index in [0.717, 1.165) is 48.7 Å². The monoisotopic (exact) mass is 545 g/mol. The van der Waals surface area contributed by atoms with Crippen LogP contribution < -0.4 is 11.1 Å². The van der Waals surface area contributed by atoms with Crippen LogP contribution in [0.2, 0.25) is 0 Å². The summed E-state index contributed by atoms with van der Waals surface area (Å²) in [5.74, 6) is 0.789. The van der Waals surface area contributed by atoms with E-state index < -0.39 is 10.0 Å². The second-order valence-electron chi connectivity index (χ2n) is 9.04. The third kappa shape index (κ3) is 4.49. The predicted molar refractivity (Wildman–Crippen MR) is 135 cm³/mol. The van der Waals surface area contributed by atoms with Crippen LogP contribution in [0, 0.1) is 11.3 Å². The Bertz CT molecular complexity index is 1310. The molecular formula is C23H28BrN7O2S. The van der Waals surface area contributed by atoms with Crippen molar-refractivity contribution in [3.63, 3.8) is 0 Å². The second-order valence-corrected chi connectivity index (χ2v) is 11.8. The molecule has 3 heterocycles. The number of nitrogens with one attached hydrogen (secondary N) is 2. The zero-order chi connectivity index (χ0) is 23.9. The third-order valence-electron chi connectivity index (χ3n) is 6.71. The Morgan fingerprint density at radius 3 is 2.47 bits per heavy atom. The molecule has 5 rings (SSSR count). The van der Waals surface area contributed by atoms with Crippen molar-refractivity contribution in [2.75, 3.05) is 18.4 Å². The van der Waals surface area contributed by atoms with Gasteiger partial charge < -0.3 is 16.5 Å². The van der Waals surface area contributed by atoms with Crippen LogP contribution in [0.25, 0.3) is 5.65 Å². The number of nitrogens with two attached hydrogens (primary N) is 1. The first-order valence-electron chi connectivity index (χ1n) is 11.6. The summed E-state index contributed by atoms with van der Waals surface area (Å²) in [7, 11) is -3.46. The molecule has 0 spiro atoms. The molecule has 0 radical (unpaired) electrons. The van der Waals surface area contributed by atoms with Crippen LogP contribution in [0.4, 0.5) is 11.5 Å². The average molecular weight is 546 g/mol. The standard InChI is InChI=1S/C23H28BrN7O2S/c24-19-14-27-31-21(13-20(29-23(19)31)22(26)15-3-5-16(25)6-4-15)28-17-7-9-18(10-8-17)34(32,33)30-11-1-2-12-30/h7-10,13-16,26,28H,1-6,11-12,25H2. The molecule has 2 fully saturated rings. The van der Waals surface area contributed by atoms with E-state index in [1.807, 2.05) is 6.07 Å². The molecule has 0 amide bonds. The van der Waals surface area contributed by atoms with Gasteiger partial charge in [-0.25, -0.2) is 13.4 Å². The first-order valence-corrected chi connectivity index (χ1v) is 13.8. The molecule has 2 aromatic heterocycles. The third-order valence-corrected chi connectivity index (χ3v) is 9.19. The van der Waals surface area contributed by atoms with Crippen LogP contribution in [0.3, 0.4) is 0 Å². The maximum absolute atomic E-state index is 12.8. The highest BCUT2D eigenvalue weighted by molar-refractivity contribution is 9.10. The topological polar surface area (TPSA) is 129 Å². The average Bonchev–Trinajstić information content (AvgIpc) is 3.51. The number of fused-ring (bicyclic) bond motifs is 1. The summed E-state index contributed by atoms with van der Waals surface area (Å²) < 4.78 is 29.6.